The van der Waals surface area contributed by atoms with E-state index in [4.69, 9.17) is 11.6 Å². The van der Waals surface area contributed by atoms with Crippen LogP contribution in [0.2, 0.25) is 5.02 Å². The normalized spacial score (nSPS) is 20.7. The van der Waals surface area contributed by atoms with Crippen molar-refractivity contribution in [3.63, 3.8) is 0 Å². The van der Waals surface area contributed by atoms with E-state index in [-0.39, 0.29) is 11.8 Å². The van der Waals surface area contributed by atoms with Gasteiger partial charge >= 0.3 is 0 Å². The van der Waals surface area contributed by atoms with Crippen molar-refractivity contribution in [2.24, 2.45) is 5.41 Å². The summed E-state index contributed by atoms with van der Waals surface area (Å²) < 4.78 is 0. The van der Waals surface area contributed by atoms with Gasteiger partial charge in [-0.05, 0) is 54.3 Å². The van der Waals surface area contributed by atoms with E-state index in [0.29, 0.717) is 22.1 Å². The van der Waals surface area contributed by atoms with Gasteiger partial charge in [0.1, 0.15) is 0 Å². The maximum Gasteiger partial charge on any atom is 0.233 e. The first-order valence-electron chi connectivity index (χ1n) is 8.50. The van der Waals surface area contributed by atoms with Crippen LogP contribution in [0.25, 0.3) is 0 Å². The van der Waals surface area contributed by atoms with Crippen LogP contribution in [0, 0.1) is 16.7 Å². The van der Waals surface area contributed by atoms with Crippen molar-refractivity contribution in [2.45, 2.75) is 19.3 Å². The standard InChI is InChI=1S/C21H16ClN3OS/c1-21(19(26)25-20-24-8-9-27-20)11-15-3-2-13(12-23)10-17(15)18(21)14-4-6-16(22)7-5-14/h2-10,18H,11H2,1H3,(H,24,25,26)/t18-,21+/m1/s1. The number of nitrogens with zero attached hydrogens (tertiary/aromatic N) is 2. The van der Waals surface area contributed by atoms with Gasteiger partial charge < -0.3 is 5.32 Å². The summed E-state index contributed by atoms with van der Waals surface area (Å²) in [6, 6.07) is 15.4. The van der Waals surface area contributed by atoms with Gasteiger partial charge in [0.15, 0.2) is 5.13 Å². The highest BCUT2D eigenvalue weighted by Crippen LogP contribution is 2.51. The molecule has 4 rings (SSSR count). The topological polar surface area (TPSA) is 65.8 Å². The molecule has 0 bridgehead atoms. The average Bonchev–Trinajstić information content (AvgIpc) is 3.27. The summed E-state index contributed by atoms with van der Waals surface area (Å²) in [4.78, 5) is 17.4. The second-order valence-corrected chi connectivity index (χ2v) is 8.23. The molecule has 0 saturated carbocycles. The monoisotopic (exact) mass is 393 g/mol. The van der Waals surface area contributed by atoms with Gasteiger partial charge in [-0.1, -0.05) is 29.8 Å². The zero-order valence-corrected chi connectivity index (χ0v) is 16.1. The van der Waals surface area contributed by atoms with Gasteiger partial charge in [-0.2, -0.15) is 5.26 Å². The minimum Gasteiger partial charge on any atom is -0.301 e. The third kappa shape index (κ3) is 3.12. The minimum atomic E-state index is -0.699. The third-order valence-electron chi connectivity index (χ3n) is 5.16. The number of thiazole rings is 1. The van der Waals surface area contributed by atoms with E-state index < -0.39 is 5.41 Å². The molecule has 27 heavy (non-hydrogen) atoms. The lowest BCUT2D eigenvalue weighted by atomic mass is 9.73. The highest BCUT2D eigenvalue weighted by Gasteiger charge is 2.49. The number of benzene rings is 2. The number of halogens is 1. The summed E-state index contributed by atoms with van der Waals surface area (Å²) in [5.74, 6) is -0.245. The van der Waals surface area contributed by atoms with Crippen molar-refractivity contribution in [3.8, 4) is 6.07 Å². The molecule has 1 heterocycles. The number of nitrogens with one attached hydrogen (secondary N) is 1. The Morgan fingerprint density at radius 2 is 2.11 bits per heavy atom. The van der Waals surface area contributed by atoms with Crippen molar-refractivity contribution in [1.29, 1.82) is 5.26 Å². The van der Waals surface area contributed by atoms with Crippen molar-refractivity contribution in [3.05, 3.63) is 81.3 Å². The van der Waals surface area contributed by atoms with E-state index in [1.54, 1.807) is 6.20 Å². The van der Waals surface area contributed by atoms with Crippen LogP contribution in [-0.4, -0.2) is 10.9 Å². The van der Waals surface area contributed by atoms with Crippen LogP contribution in [0.5, 0.6) is 0 Å². The number of aromatic nitrogens is 1. The summed E-state index contributed by atoms with van der Waals surface area (Å²) in [5.41, 5.74) is 3.01. The lowest BCUT2D eigenvalue weighted by Crippen LogP contribution is -2.37. The smallest absolute Gasteiger partial charge is 0.233 e. The molecule has 1 aliphatic carbocycles. The van der Waals surface area contributed by atoms with Crippen LogP contribution in [-0.2, 0) is 11.2 Å². The fourth-order valence-corrected chi connectivity index (χ4v) is 4.52. The Hall–Kier alpha value is -2.68. The van der Waals surface area contributed by atoms with Crippen molar-refractivity contribution < 1.29 is 4.79 Å². The molecule has 0 radical (unpaired) electrons. The van der Waals surface area contributed by atoms with E-state index >= 15 is 0 Å². The highest BCUT2D eigenvalue weighted by atomic mass is 35.5. The number of hydrogen-bond donors (Lipinski definition) is 1. The maximum atomic E-state index is 13.3. The summed E-state index contributed by atoms with van der Waals surface area (Å²) in [6.45, 7) is 1.97. The van der Waals surface area contributed by atoms with Crippen LogP contribution in [0.15, 0.2) is 54.0 Å². The molecule has 1 aromatic heterocycles. The largest absolute Gasteiger partial charge is 0.301 e. The Bertz CT molecular complexity index is 1040. The SMILES string of the molecule is C[C@]1(C(=O)Nc2nccs2)Cc2ccc(C#N)cc2[C@H]1c1ccc(Cl)cc1. The molecule has 0 unspecified atom stereocenters. The number of amides is 1. The molecule has 1 N–H and O–H groups in total. The second-order valence-electron chi connectivity index (χ2n) is 6.90. The molecular weight excluding hydrogens is 378 g/mol. The van der Waals surface area contributed by atoms with E-state index in [1.165, 1.54) is 11.3 Å². The first kappa shape index (κ1) is 17.7. The van der Waals surface area contributed by atoms with Crippen molar-refractivity contribution in [1.82, 2.24) is 4.98 Å². The van der Waals surface area contributed by atoms with Gasteiger partial charge in [0.2, 0.25) is 5.91 Å². The fourth-order valence-electron chi connectivity index (χ4n) is 3.87. The molecule has 2 atom stereocenters. The molecule has 134 valence electrons. The van der Waals surface area contributed by atoms with Gasteiger partial charge in [-0.3, -0.25) is 4.79 Å². The van der Waals surface area contributed by atoms with Crippen LogP contribution in [0.1, 0.15) is 35.1 Å². The van der Waals surface area contributed by atoms with Crippen molar-refractivity contribution in [2.75, 3.05) is 5.32 Å². The number of carbonyl (C=O) groups excluding carboxylic acids is 1. The second kappa shape index (κ2) is 6.80. The summed E-state index contributed by atoms with van der Waals surface area (Å²) in [6.07, 6.45) is 2.26. The third-order valence-corrected chi connectivity index (χ3v) is 6.10. The number of hydrogen-bond acceptors (Lipinski definition) is 4. The maximum absolute atomic E-state index is 13.3. The van der Waals surface area contributed by atoms with Crippen molar-refractivity contribution >= 4 is 34.0 Å². The zero-order valence-electron chi connectivity index (χ0n) is 14.6. The molecule has 4 nitrogen and oxygen atoms in total. The number of fused-ring (bicyclic) bond motifs is 1. The quantitative estimate of drug-likeness (QED) is 0.680. The lowest BCUT2D eigenvalue weighted by Gasteiger charge is -2.31. The predicted molar refractivity (Wildman–Crippen MR) is 107 cm³/mol. The molecule has 0 aliphatic heterocycles. The summed E-state index contributed by atoms with van der Waals surface area (Å²) >= 11 is 7.46. The Labute approximate surface area is 166 Å². The van der Waals surface area contributed by atoms with Crippen LogP contribution in [0.4, 0.5) is 5.13 Å². The van der Waals surface area contributed by atoms with Crippen LogP contribution in [0.3, 0.4) is 0 Å². The molecule has 3 aromatic rings. The molecule has 1 amide bonds. The zero-order chi connectivity index (χ0) is 19.0. The summed E-state index contributed by atoms with van der Waals surface area (Å²) in [5, 5.41) is 15.3. The number of carbonyl (C=O) groups is 1. The molecular formula is C21H16ClN3OS. The molecule has 0 saturated heterocycles. The van der Waals surface area contributed by atoms with E-state index in [2.05, 4.69) is 16.4 Å². The molecule has 0 fully saturated rings. The number of rotatable bonds is 3. The first-order chi connectivity index (χ1) is 13.0. The molecule has 1 aliphatic rings. The Morgan fingerprint density at radius 1 is 1.33 bits per heavy atom. The van der Waals surface area contributed by atoms with Gasteiger partial charge in [-0.25, -0.2) is 4.98 Å². The van der Waals surface area contributed by atoms with Crippen LogP contribution < -0.4 is 5.32 Å². The Kier molecular flexibility index (Phi) is 4.47. The van der Waals surface area contributed by atoms with Gasteiger partial charge in [0.05, 0.1) is 17.0 Å². The van der Waals surface area contributed by atoms with Gasteiger partial charge in [0, 0.05) is 22.5 Å². The molecule has 6 heteroatoms. The van der Waals surface area contributed by atoms with E-state index in [9.17, 15) is 10.1 Å². The number of nitriles is 1. The van der Waals surface area contributed by atoms with E-state index in [1.807, 2.05) is 54.8 Å². The fraction of sp³-hybridized carbons (Fsp3) is 0.190. The Morgan fingerprint density at radius 3 is 2.78 bits per heavy atom. The summed E-state index contributed by atoms with van der Waals surface area (Å²) in [7, 11) is 0. The minimum absolute atomic E-state index is 0.0768. The molecule has 0 spiro atoms. The van der Waals surface area contributed by atoms with Gasteiger partial charge in [-0.15, -0.1) is 11.3 Å². The average molecular weight is 394 g/mol. The number of anilines is 1. The lowest BCUT2D eigenvalue weighted by molar-refractivity contribution is -0.125. The predicted octanol–water partition coefficient (Wildman–Crippen LogP) is 5.00. The Balaban J connectivity index is 1.81. The van der Waals surface area contributed by atoms with Crippen LogP contribution >= 0.6 is 22.9 Å². The van der Waals surface area contributed by atoms with E-state index in [0.717, 1.165) is 16.7 Å². The molecule has 2 aromatic carbocycles. The van der Waals surface area contributed by atoms with Gasteiger partial charge in [0.25, 0.3) is 0 Å². The first-order valence-corrected chi connectivity index (χ1v) is 9.76. The highest BCUT2D eigenvalue weighted by molar-refractivity contribution is 7.13.